The lowest BCUT2D eigenvalue weighted by molar-refractivity contribution is -0.116. The van der Waals surface area contributed by atoms with Crippen LogP contribution in [0.4, 0.5) is 14.9 Å². The highest BCUT2D eigenvalue weighted by molar-refractivity contribution is 6.05. The summed E-state index contributed by atoms with van der Waals surface area (Å²) in [4.78, 5) is 22.7. The van der Waals surface area contributed by atoms with E-state index >= 15 is 0 Å². The highest BCUT2D eigenvalue weighted by Crippen LogP contribution is 2.15. The quantitative estimate of drug-likeness (QED) is 0.655. The molecule has 7 heteroatoms. The van der Waals surface area contributed by atoms with E-state index in [9.17, 15) is 14.0 Å². The highest BCUT2D eigenvalue weighted by atomic mass is 19.1. The Morgan fingerprint density at radius 3 is 2.76 bits per heavy atom. The zero-order valence-electron chi connectivity index (χ0n) is 11.6. The minimum Gasteiger partial charge on any atom is -0.450 e. The van der Waals surface area contributed by atoms with Crippen LogP contribution < -0.4 is 10.6 Å². The van der Waals surface area contributed by atoms with Gasteiger partial charge in [0.2, 0.25) is 0 Å². The number of imide groups is 1. The summed E-state index contributed by atoms with van der Waals surface area (Å²) in [5, 5.41) is 13.2. The zero-order chi connectivity index (χ0) is 15.8. The van der Waals surface area contributed by atoms with E-state index in [4.69, 9.17) is 5.26 Å². The molecule has 1 aromatic carbocycles. The number of hydrogen-bond acceptors (Lipinski definition) is 5. The third-order valence-electron chi connectivity index (χ3n) is 2.35. The van der Waals surface area contributed by atoms with E-state index in [0.717, 1.165) is 11.8 Å². The number of alkyl carbamates (subject to hydrolysis) is 1. The van der Waals surface area contributed by atoms with E-state index < -0.39 is 17.8 Å². The normalized spacial score (nSPS) is 10.5. The van der Waals surface area contributed by atoms with Gasteiger partial charge in [-0.25, -0.2) is 9.18 Å². The van der Waals surface area contributed by atoms with Crippen molar-refractivity contribution in [2.24, 2.45) is 0 Å². The molecule has 0 saturated heterocycles. The van der Waals surface area contributed by atoms with Gasteiger partial charge in [-0.05, 0) is 31.5 Å². The molecule has 0 unspecified atom stereocenters. The first-order valence-electron chi connectivity index (χ1n) is 6.09. The van der Waals surface area contributed by atoms with E-state index in [-0.39, 0.29) is 17.9 Å². The number of carbonyl (C=O) groups is 2. The molecule has 0 spiro atoms. The molecule has 1 aromatic rings. The van der Waals surface area contributed by atoms with Crippen molar-refractivity contribution < 1.29 is 18.7 Å². The number of ether oxygens (including phenoxy) is 1. The maximum absolute atomic E-state index is 13.6. The predicted octanol–water partition coefficient (Wildman–Crippen LogP) is 2.23. The van der Waals surface area contributed by atoms with Gasteiger partial charge in [0.15, 0.2) is 0 Å². The lowest BCUT2D eigenvalue weighted by atomic mass is 10.2. The average molecular weight is 291 g/mol. The van der Waals surface area contributed by atoms with E-state index in [0.29, 0.717) is 0 Å². The summed E-state index contributed by atoms with van der Waals surface area (Å²) in [6.07, 6.45) is 0.0626. The summed E-state index contributed by atoms with van der Waals surface area (Å²) in [5.41, 5.74) is 0.461. The van der Waals surface area contributed by atoms with E-state index in [1.807, 2.05) is 5.32 Å². The SMILES string of the molecule is CCOC(=O)NC(=O)C(C#N)=CNc1ccc(C)cc1F. The van der Waals surface area contributed by atoms with Crippen molar-refractivity contribution in [1.82, 2.24) is 5.32 Å². The van der Waals surface area contributed by atoms with Crippen molar-refractivity contribution in [3.05, 3.63) is 41.4 Å². The Kier molecular flexibility index (Phi) is 5.89. The van der Waals surface area contributed by atoms with Gasteiger partial charge in [-0.1, -0.05) is 6.07 Å². The molecule has 6 nitrogen and oxygen atoms in total. The van der Waals surface area contributed by atoms with Gasteiger partial charge < -0.3 is 10.1 Å². The van der Waals surface area contributed by atoms with Gasteiger partial charge in [-0.15, -0.1) is 0 Å². The van der Waals surface area contributed by atoms with Gasteiger partial charge in [-0.2, -0.15) is 5.26 Å². The van der Waals surface area contributed by atoms with Crippen LogP contribution in [0.5, 0.6) is 0 Å². The highest BCUT2D eigenvalue weighted by Gasteiger charge is 2.13. The number of rotatable bonds is 4. The lowest BCUT2D eigenvalue weighted by Gasteiger charge is -2.05. The number of aryl methyl sites for hydroxylation is 1. The number of amides is 2. The molecule has 0 aliphatic rings. The Bertz CT molecular complexity index is 620. The lowest BCUT2D eigenvalue weighted by Crippen LogP contribution is -2.32. The van der Waals surface area contributed by atoms with Crippen molar-refractivity contribution in [2.75, 3.05) is 11.9 Å². The molecule has 1 rings (SSSR count). The fourth-order valence-corrected chi connectivity index (χ4v) is 1.36. The zero-order valence-corrected chi connectivity index (χ0v) is 11.6. The van der Waals surface area contributed by atoms with Gasteiger partial charge in [0.25, 0.3) is 5.91 Å². The Hall–Kier alpha value is -2.88. The van der Waals surface area contributed by atoms with Gasteiger partial charge in [0.1, 0.15) is 17.5 Å². The van der Waals surface area contributed by atoms with Crippen LogP contribution in [0.3, 0.4) is 0 Å². The molecule has 21 heavy (non-hydrogen) atoms. The van der Waals surface area contributed by atoms with Gasteiger partial charge in [-0.3, -0.25) is 10.1 Å². The maximum Gasteiger partial charge on any atom is 0.414 e. The van der Waals surface area contributed by atoms with E-state index in [1.54, 1.807) is 26.0 Å². The van der Waals surface area contributed by atoms with Crippen LogP contribution in [0.15, 0.2) is 30.0 Å². The van der Waals surface area contributed by atoms with Crippen LogP contribution in [-0.2, 0) is 9.53 Å². The molecule has 0 aliphatic heterocycles. The third-order valence-corrected chi connectivity index (χ3v) is 2.35. The van der Waals surface area contributed by atoms with Gasteiger partial charge >= 0.3 is 6.09 Å². The molecule has 2 amide bonds. The molecule has 0 atom stereocenters. The second-order valence-corrected chi connectivity index (χ2v) is 3.97. The van der Waals surface area contributed by atoms with Crippen molar-refractivity contribution in [1.29, 1.82) is 5.26 Å². The first-order chi connectivity index (χ1) is 9.97. The number of nitriles is 1. The van der Waals surface area contributed by atoms with Crippen LogP contribution in [0.2, 0.25) is 0 Å². The fraction of sp³-hybridized carbons (Fsp3) is 0.214. The maximum atomic E-state index is 13.6. The Labute approximate surface area is 121 Å². The van der Waals surface area contributed by atoms with Crippen LogP contribution in [0, 0.1) is 24.1 Å². The molecule has 0 radical (unpaired) electrons. The van der Waals surface area contributed by atoms with Gasteiger partial charge in [0.05, 0.1) is 12.3 Å². The van der Waals surface area contributed by atoms with Crippen LogP contribution >= 0.6 is 0 Å². The summed E-state index contributed by atoms with van der Waals surface area (Å²) in [7, 11) is 0. The standard InChI is InChI=1S/C14H14FN3O3/c1-3-21-14(20)18-13(19)10(7-16)8-17-12-5-4-9(2)6-11(12)15/h4-6,8,17H,3H2,1-2H3,(H,18,19,20). The van der Waals surface area contributed by atoms with Gasteiger partial charge in [0, 0.05) is 6.20 Å². The molecule has 110 valence electrons. The van der Waals surface area contributed by atoms with Crippen LogP contribution in [-0.4, -0.2) is 18.6 Å². The van der Waals surface area contributed by atoms with Crippen molar-refractivity contribution in [2.45, 2.75) is 13.8 Å². The van der Waals surface area contributed by atoms with Crippen molar-refractivity contribution in [3.63, 3.8) is 0 Å². The minimum absolute atomic E-state index is 0.0948. The number of nitrogens with one attached hydrogen (secondary N) is 2. The monoisotopic (exact) mass is 291 g/mol. The van der Waals surface area contributed by atoms with E-state index in [1.165, 1.54) is 12.1 Å². The summed E-state index contributed by atoms with van der Waals surface area (Å²) < 4.78 is 18.1. The summed E-state index contributed by atoms with van der Waals surface area (Å²) in [6, 6.07) is 6.06. The molecule has 0 bridgehead atoms. The third kappa shape index (κ3) is 4.95. The van der Waals surface area contributed by atoms with E-state index in [2.05, 4.69) is 10.1 Å². The predicted molar refractivity (Wildman–Crippen MR) is 73.6 cm³/mol. The number of nitrogens with zero attached hydrogens (tertiary/aromatic N) is 1. The number of halogens is 1. The fourth-order valence-electron chi connectivity index (χ4n) is 1.36. The summed E-state index contributed by atoms with van der Waals surface area (Å²) in [6.45, 7) is 3.40. The molecule has 0 aromatic heterocycles. The van der Waals surface area contributed by atoms with Crippen LogP contribution in [0.25, 0.3) is 0 Å². The molecule has 0 saturated carbocycles. The first-order valence-corrected chi connectivity index (χ1v) is 6.09. The molecule has 0 aliphatic carbocycles. The summed E-state index contributed by atoms with van der Waals surface area (Å²) in [5.74, 6) is -1.45. The second kappa shape index (κ2) is 7.65. The topological polar surface area (TPSA) is 91.2 Å². The smallest absolute Gasteiger partial charge is 0.414 e. The molecular weight excluding hydrogens is 277 g/mol. The molecule has 0 heterocycles. The van der Waals surface area contributed by atoms with Crippen molar-refractivity contribution >= 4 is 17.7 Å². The first kappa shape index (κ1) is 16.2. The Morgan fingerprint density at radius 2 is 2.19 bits per heavy atom. The van der Waals surface area contributed by atoms with Crippen molar-refractivity contribution in [3.8, 4) is 6.07 Å². The van der Waals surface area contributed by atoms with Crippen LogP contribution in [0.1, 0.15) is 12.5 Å². The Morgan fingerprint density at radius 1 is 1.48 bits per heavy atom. The number of anilines is 1. The number of benzene rings is 1. The summed E-state index contributed by atoms with van der Waals surface area (Å²) >= 11 is 0. The minimum atomic E-state index is -0.954. The second-order valence-electron chi connectivity index (χ2n) is 3.97. The largest absolute Gasteiger partial charge is 0.450 e. The Balaban J connectivity index is 2.78. The number of hydrogen-bond donors (Lipinski definition) is 2. The number of carbonyl (C=O) groups excluding carboxylic acids is 2. The average Bonchev–Trinajstić information content (AvgIpc) is 2.41. The molecule has 2 N–H and O–H groups in total. The molecule has 0 fully saturated rings. The molecular formula is C14H14FN3O3.